The number of methoxy groups -OCH3 is 1. The summed E-state index contributed by atoms with van der Waals surface area (Å²) in [5, 5.41) is 15.7. The molecule has 21 heavy (non-hydrogen) atoms. The molecule has 0 aliphatic rings. The summed E-state index contributed by atoms with van der Waals surface area (Å²) in [6, 6.07) is 5.74. The summed E-state index contributed by atoms with van der Waals surface area (Å²) < 4.78 is 4.88. The smallest absolute Gasteiger partial charge is 0.230 e. The predicted molar refractivity (Wildman–Crippen MR) is 76.8 cm³/mol. The van der Waals surface area contributed by atoms with Crippen LogP contribution in [0.5, 0.6) is 0 Å². The highest BCUT2D eigenvalue weighted by Crippen LogP contribution is 2.14. The summed E-state index contributed by atoms with van der Waals surface area (Å²) in [5.74, 6) is -1.65. The Bertz CT molecular complexity index is 482. The number of ether oxygens (including phenoxy) is 1. The Labute approximate surface area is 128 Å². The summed E-state index contributed by atoms with van der Waals surface area (Å²) >= 11 is 5.81. The molecule has 116 valence electrons. The van der Waals surface area contributed by atoms with Crippen molar-refractivity contribution in [2.45, 2.75) is 18.9 Å². The van der Waals surface area contributed by atoms with Crippen molar-refractivity contribution < 1.29 is 24.7 Å². The van der Waals surface area contributed by atoms with E-state index in [-0.39, 0.29) is 6.42 Å². The molecule has 0 saturated heterocycles. The first-order valence-electron chi connectivity index (χ1n) is 6.61. The van der Waals surface area contributed by atoms with Gasteiger partial charge in [0.2, 0.25) is 5.91 Å². The van der Waals surface area contributed by atoms with Crippen molar-refractivity contribution in [2.24, 2.45) is 0 Å². The summed E-state index contributed by atoms with van der Waals surface area (Å²) in [6.45, 7) is 1.10. The largest absolute Gasteiger partial charge is 0.544 e. The van der Waals surface area contributed by atoms with Gasteiger partial charge in [-0.1, -0.05) is 17.7 Å². The van der Waals surface area contributed by atoms with Crippen molar-refractivity contribution in [3.8, 4) is 0 Å². The molecule has 7 heteroatoms. The van der Waals surface area contributed by atoms with Gasteiger partial charge in [0.1, 0.15) is 6.04 Å². The van der Waals surface area contributed by atoms with Crippen molar-refractivity contribution in [3.05, 3.63) is 29.3 Å². The Hall–Kier alpha value is -1.63. The summed E-state index contributed by atoms with van der Waals surface area (Å²) in [7, 11) is 1.58. The molecular formula is C14H19ClN2O4. The van der Waals surface area contributed by atoms with Gasteiger partial charge < -0.3 is 25.3 Å². The molecule has 0 aliphatic heterocycles. The van der Waals surface area contributed by atoms with Crippen LogP contribution in [0.15, 0.2) is 24.3 Å². The van der Waals surface area contributed by atoms with E-state index in [0.717, 1.165) is 0 Å². The Kier molecular flexibility index (Phi) is 7.74. The van der Waals surface area contributed by atoms with E-state index in [1.807, 2.05) is 0 Å². The second-order valence-corrected chi connectivity index (χ2v) is 5.00. The molecule has 0 saturated carbocycles. The Balaban J connectivity index is 2.46. The molecule has 1 rings (SSSR count). The number of hydrogen-bond acceptors (Lipinski definition) is 4. The molecule has 0 radical (unpaired) electrons. The number of benzene rings is 1. The maximum atomic E-state index is 11.8. The van der Waals surface area contributed by atoms with Crippen LogP contribution in [0.25, 0.3) is 0 Å². The van der Waals surface area contributed by atoms with Crippen molar-refractivity contribution >= 4 is 29.2 Å². The monoisotopic (exact) mass is 314 g/mol. The van der Waals surface area contributed by atoms with Crippen LogP contribution in [0, 0.1) is 0 Å². The van der Waals surface area contributed by atoms with Gasteiger partial charge in [-0.25, -0.2) is 0 Å². The van der Waals surface area contributed by atoms with Gasteiger partial charge in [-0.15, -0.1) is 0 Å². The third kappa shape index (κ3) is 7.08. The van der Waals surface area contributed by atoms with E-state index >= 15 is 0 Å². The number of carboxylic acids is 1. The Morgan fingerprint density at radius 1 is 1.48 bits per heavy atom. The van der Waals surface area contributed by atoms with Crippen molar-refractivity contribution in [2.75, 3.05) is 25.6 Å². The van der Waals surface area contributed by atoms with E-state index in [4.69, 9.17) is 16.3 Å². The summed E-state index contributed by atoms with van der Waals surface area (Å²) in [6.07, 6.45) is 0.540. The third-order valence-electron chi connectivity index (χ3n) is 2.82. The zero-order valence-electron chi connectivity index (χ0n) is 11.8. The van der Waals surface area contributed by atoms with E-state index in [1.165, 1.54) is 0 Å². The zero-order chi connectivity index (χ0) is 15.7. The van der Waals surface area contributed by atoms with Gasteiger partial charge in [0.15, 0.2) is 0 Å². The van der Waals surface area contributed by atoms with E-state index in [9.17, 15) is 14.7 Å². The molecule has 1 amide bonds. The van der Waals surface area contributed by atoms with Gasteiger partial charge in [0, 0.05) is 24.2 Å². The quantitative estimate of drug-likeness (QED) is 0.594. The first-order valence-corrected chi connectivity index (χ1v) is 6.99. The highest BCUT2D eigenvalue weighted by Gasteiger charge is 2.18. The van der Waals surface area contributed by atoms with Gasteiger partial charge in [0.25, 0.3) is 0 Å². The number of carboxylic acid groups (broad SMARTS) is 1. The summed E-state index contributed by atoms with van der Waals surface area (Å²) in [4.78, 5) is 22.9. The number of amides is 1. The number of quaternary nitrogens is 1. The molecule has 0 heterocycles. The molecule has 1 aromatic carbocycles. The predicted octanol–water partition coefficient (Wildman–Crippen LogP) is -0.613. The Morgan fingerprint density at radius 3 is 2.86 bits per heavy atom. The second kappa shape index (κ2) is 9.33. The molecule has 0 aliphatic carbocycles. The van der Waals surface area contributed by atoms with Gasteiger partial charge in [0.05, 0.1) is 25.5 Å². The van der Waals surface area contributed by atoms with Crippen molar-refractivity contribution in [3.63, 3.8) is 0 Å². The molecular weight excluding hydrogens is 296 g/mol. The lowest BCUT2D eigenvalue weighted by Crippen LogP contribution is -2.93. The minimum absolute atomic E-state index is 0.165. The lowest BCUT2D eigenvalue weighted by Gasteiger charge is -2.16. The molecule has 1 aromatic rings. The Morgan fingerprint density at radius 2 is 2.24 bits per heavy atom. The van der Waals surface area contributed by atoms with Crippen LogP contribution in [-0.4, -0.2) is 38.2 Å². The third-order valence-corrected chi connectivity index (χ3v) is 3.06. The maximum Gasteiger partial charge on any atom is 0.230 e. The number of hydrogen-bond donors (Lipinski definition) is 2. The van der Waals surface area contributed by atoms with E-state index in [2.05, 4.69) is 5.32 Å². The molecule has 0 spiro atoms. The van der Waals surface area contributed by atoms with E-state index in [1.54, 1.807) is 36.7 Å². The van der Waals surface area contributed by atoms with Crippen LogP contribution in [0.1, 0.15) is 12.8 Å². The fourth-order valence-electron chi connectivity index (χ4n) is 1.79. The standard InChI is InChI=1S/C14H19ClN2O4/c1-21-7-3-6-16-12(14(19)20)9-13(18)17-11-5-2-4-10(15)8-11/h2,4-5,8,12,16H,3,6-7,9H2,1H3,(H,17,18)(H,19,20)/t12-/m0/s1. The second-order valence-electron chi connectivity index (χ2n) is 4.56. The minimum Gasteiger partial charge on any atom is -0.544 e. The fraction of sp³-hybridized carbons (Fsp3) is 0.429. The van der Waals surface area contributed by atoms with Gasteiger partial charge in [-0.2, -0.15) is 0 Å². The van der Waals surface area contributed by atoms with E-state index < -0.39 is 17.9 Å². The number of carbonyl (C=O) groups excluding carboxylic acids is 2. The lowest BCUT2D eigenvalue weighted by atomic mass is 10.2. The number of halogens is 1. The number of carbonyl (C=O) groups is 2. The first-order chi connectivity index (χ1) is 10.0. The molecule has 0 unspecified atom stereocenters. The first kappa shape index (κ1) is 17.4. The zero-order valence-corrected chi connectivity index (χ0v) is 12.6. The van der Waals surface area contributed by atoms with Crippen LogP contribution in [0.2, 0.25) is 5.02 Å². The SMILES string of the molecule is COCCC[NH2+][C@@H](CC(=O)Nc1cccc(Cl)c1)C(=O)[O-]. The van der Waals surface area contributed by atoms with Crippen LogP contribution in [-0.2, 0) is 14.3 Å². The molecule has 0 fully saturated rings. The van der Waals surface area contributed by atoms with Crippen LogP contribution < -0.4 is 15.7 Å². The van der Waals surface area contributed by atoms with Gasteiger partial charge >= 0.3 is 0 Å². The molecule has 0 bridgehead atoms. The number of rotatable bonds is 9. The molecule has 3 N–H and O–H groups in total. The summed E-state index contributed by atoms with van der Waals surface area (Å²) in [5.41, 5.74) is 0.531. The van der Waals surface area contributed by atoms with Gasteiger partial charge in [-0.3, -0.25) is 4.79 Å². The highest BCUT2D eigenvalue weighted by molar-refractivity contribution is 6.30. The van der Waals surface area contributed by atoms with Gasteiger partial charge in [-0.05, 0) is 18.2 Å². The number of nitrogens with two attached hydrogens (primary N) is 1. The number of aliphatic carboxylic acids is 1. The van der Waals surface area contributed by atoms with Crippen LogP contribution in [0.3, 0.4) is 0 Å². The highest BCUT2D eigenvalue weighted by atomic mass is 35.5. The maximum absolute atomic E-state index is 11.8. The minimum atomic E-state index is -1.26. The normalized spacial score (nSPS) is 11.9. The van der Waals surface area contributed by atoms with E-state index in [0.29, 0.717) is 30.3 Å². The average Bonchev–Trinajstić information content (AvgIpc) is 2.42. The van der Waals surface area contributed by atoms with Crippen LogP contribution >= 0.6 is 11.6 Å². The van der Waals surface area contributed by atoms with Crippen molar-refractivity contribution in [1.82, 2.24) is 0 Å². The molecule has 1 atom stereocenters. The lowest BCUT2D eigenvalue weighted by molar-refractivity contribution is -0.682. The topological polar surface area (TPSA) is 95.1 Å². The number of anilines is 1. The van der Waals surface area contributed by atoms with Crippen LogP contribution in [0.4, 0.5) is 5.69 Å². The molecule has 0 aromatic heterocycles. The average molecular weight is 315 g/mol. The fourth-order valence-corrected chi connectivity index (χ4v) is 1.98. The van der Waals surface area contributed by atoms with Crippen molar-refractivity contribution in [1.29, 1.82) is 0 Å². The molecule has 6 nitrogen and oxygen atoms in total. The number of nitrogens with one attached hydrogen (secondary N) is 1.